The largest absolute Gasteiger partial charge is 0.573 e. The molecule has 3 N–H and O–H groups in total. The third-order valence-corrected chi connectivity index (χ3v) is 3.32. The first kappa shape index (κ1) is 21.3. The second-order valence-corrected chi connectivity index (χ2v) is 5.71. The first-order chi connectivity index (χ1) is 9.60. The van der Waals surface area contributed by atoms with Crippen LogP contribution in [0.1, 0.15) is 38.3 Å². The average Bonchev–Trinajstić information content (AvgIpc) is 2.36. The Labute approximate surface area is 139 Å². The Morgan fingerprint density at radius 2 is 1.86 bits per heavy atom. The minimum atomic E-state index is -4.80. The fraction of sp³-hybridized carbons (Fsp3) is 0.571. The Bertz CT molecular complexity index is 470. The number of hydrogen-bond acceptors (Lipinski definition) is 3. The van der Waals surface area contributed by atoms with Crippen molar-refractivity contribution in [3.63, 3.8) is 0 Å². The fourth-order valence-electron chi connectivity index (χ4n) is 1.84. The van der Waals surface area contributed by atoms with Gasteiger partial charge in [-0.2, -0.15) is 0 Å². The van der Waals surface area contributed by atoms with Crippen LogP contribution in [0.5, 0.6) is 5.75 Å². The Balaban J connectivity index is 0.00000441. The van der Waals surface area contributed by atoms with Crippen molar-refractivity contribution in [3.05, 3.63) is 28.8 Å². The highest BCUT2D eigenvalue weighted by Gasteiger charge is 2.32. The van der Waals surface area contributed by atoms with Gasteiger partial charge in [-0.05, 0) is 36.5 Å². The van der Waals surface area contributed by atoms with E-state index in [2.05, 4.69) is 4.74 Å². The maximum Gasteiger partial charge on any atom is 0.573 e. The second-order valence-electron chi connectivity index (χ2n) is 5.30. The quantitative estimate of drug-likeness (QED) is 0.786. The molecule has 0 saturated carbocycles. The van der Waals surface area contributed by atoms with Gasteiger partial charge in [0.05, 0.1) is 17.2 Å². The van der Waals surface area contributed by atoms with E-state index in [4.69, 9.17) is 17.3 Å². The van der Waals surface area contributed by atoms with Crippen LogP contribution >= 0.6 is 24.0 Å². The van der Waals surface area contributed by atoms with Gasteiger partial charge in [-0.3, -0.25) is 0 Å². The van der Waals surface area contributed by atoms with Crippen molar-refractivity contribution in [1.82, 2.24) is 0 Å². The number of aliphatic hydroxyl groups is 1. The Hall–Kier alpha value is -0.690. The molecule has 0 saturated heterocycles. The maximum atomic E-state index is 12.1. The average molecular weight is 362 g/mol. The van der Waals surface area contributed by atoms with E-state index < -0.39 is 24.3 Å². The van der Waals surface area contributed by atoms with Gasteiger partial charge in [0.2, 0.25) is 0 Å². The van der Waals surface area contributed by atoms with Gasteiger partial charge in [-0.25, -0.2) is 0 Å². The van der Waals surface area contributed by atoms with E-state index in [0.29, 0.717) is 17.9 Å². The van der Waals surface area contributed by atoms with Crippen molar-refractivity contribution in [1.29, 1.82) is 0 Å². The third kappa shape index (κ3) is 7.05. The van der Waals surface area contributed by atoms with Crippen LogP contribution in [0.2, 0.25) is 5.02 Å². The Morgan fingerprint density at radius 1 is 1.27 bits per heavy atom. The van der Waals surface area contributed by atoms with Crippen LogP contribution < -0.4 is 10.5 Å². The van der Waals surface area contributed by atoms with Gasteiger partial charge in [-0.15, -0.1) is 25.6 Å². The highest BCUT2D eigenvalue weighted by Crippen LogP contribution is 2.32. The molecule has 8 heteroatoms. The summed E-state index contributed by atoms with van der Waals surface area (Å²) in [5, 5.41) is 9.79. The molecule has 0 radical (unpaired) electrons. The second kappa shape index (κ2) is 8.82. The van der Waals surface area contributed by atoms with Crippen molar-refractivity contribution in [2.24, 2.45) is 11.7 Å². The van der Waals surface area contributed by atoms with Gasteiger partial charge in [0.25, 0.3) is 0 Å². The smallest absolute Gasteiger partial charge is 0.404 e. The summed E-state index contributed by atoms with van der Waals surface area (Å²) in [6, 6.07) is 3.05. The zero-order valence-electron chi connectivity index (χ0n) is 12.2. The minimum absolute atomic E-state index is 0. The molecular weight excluding hydrogens is 342 g/mol. The Morgan fingerprint density at radius 3 is 2.32 bits per heavy atom. The van der Waals surface area contributed by atoms with Gasteiger partial charge in [0.1, 0.15) is 5.75 Å². The number of hydrogen-bond donors (Lipinski definition) is 2. The standard InChI is InChI=1S/C14H19ClF3NO2.ClH/c1-8(2)3-5-11(20)13(19)9-4-6-12(10(15)7-9)21-14(16,17)18;/h4,6-8,11,13,20H,3,5,19H2,1-2H3;1H/t11-,13+;/m0./s1. The molecule has 0 spiro atoms. The summed E-state index contributed by atoms with van der Waals surface area (Å²) >= 11 is 5.75. The molecule has 1 aromatic rings. The normalized spacial score (nSPS) is 14.4. The summed E-state index contributed by atoms with van der Waals surface area (Å²) in [6.45, 7) is 4.05. The van der Waals surface area contributed by atoms with Crippen LogP contribution in [-0.2, 0) is 0 Å². The van der Waals surface area contributed by atoms with Crippen LogP contribution in [-0.4, -0.2) is 17.6 Å². The fourth-order valence-corrected chi connectivity index (χ4v) is 2.07. The topological polar surface area (TPSA) is 55.5 Å². The van der Waals surface area contributed by atoms with Crippen LogP contribution in [0.4, 0.5) is 13.2 Å². The zero-order chi connectivity index (χ0) is 16.2. The SMILES string of the molecule is CC(C)CC[C@H](O)[C@H](N)c1ccc(OC(F)(F)F)c(Cl)c1.Cl. The number of nitrogens with two attached hydrogens (primary N) is 1. The molecule has 1 rings (SSSR count). The van der Waals surface area contributed by atoms with E-state index in [-0.39, 0.29) is 17.4 Å². The number of benzene rings is 1. The number of halogens is 5. The number of alkyl halides is 3. The van der Waals surface area contributed by atoms with Crippen LogP contribution in [0.15, 0.2) is 18.2 Å². The predicted octanol–water partition coefficient (Wildman–Crippen LogP) is 4.46. The highest BCUT2D eigenvalue weighted by molar-refractivity contribution is 6.32. The summed E-state index contributed by atoms with van der Waals surface area (Å²) in [5.74, 6) is -0.0604. The monoisotopic (exact) mass is 361 g/mol. The molecule has 0 aliphatic heterocycles. The van der Waals surface area contributed by atoms with Crippen molar-refractivity contribution < 1.29 is 23.0 Å². The van der Waals surface area contributed by atoms with Crippen LogP contribution in [0.25, 0.3) is 0 Å². The molecule has 0 amide bonds. The lowest BCUT2D eigenvalue weighted by molar-refractivity contribution is -0.274. The molecule has 0 aromatic heterocycles. The van der Waals surface area contributed by atoms with E-state index in [1.54, 1.807) is 0 Å². The minimum Gasteiger partial charge on any atom is -0.404 e. The highest BCUT2D eigenvalue weighted by atomic mass is 35.5. The molecule has 0 aliphatic rings. The summed E-state index contributed by atoms with van der Waals surface area (Å²) in [6.07, 6.45) is -4.27. The zero-order valence-corrected chi connectivity index (χ0v) is 13.8. The molecule has 1 aromatic carbocycles. The molecule has 22 heavy (non-hydrogen) atoms. The van der Waals surface area contributed by atoms with Gasteiger partial charge < -0.3 is 15.6 Å². The first-order valence-corrected chi connectivity index (χ1v) is 6.96. The number of rotatable bonds is 6. The third-order valence-electron chi connectivity index (χ3n) is 3.02. The van der Waals surface area contributed by atoms with Crippen molar-refractivity contribution in [2.75, 3.05) is 0 Å². The molecule has 0 fully saturated rings. The Kier molecular flexibility index (Phi) is 8.54. The lowest BCUT2D eigenvalue weighted by Crippen LogP contribution is -2.26. The van der Waals surface area contributed by atoms with Gasteiger partial charge in [0, 0.05) is 0 Å². The molecule has 3 nitrogen and oxygen atoms in total. The molecular formula is C14H20Cl2F3NO2. The van der Waals surface area contributed by atoms with Crippen LogP contribution in [0, 0.1) is 5.92 Å². The summed E-state index contributed by atoms with van der Waals surface area (Å²) in [5.41, 5.74) is 6.36. The van der Waals surface area contributed by atoms with Crippen molar-refractivity contribution in [3.8, 4) is 5.75 Å². The molecule has 0 aliphatic carbocycles. The van der Waals surface area contributed by atoms with Crippen LogP contribution in [0.3, 0.4) is 0 Å². The van der Waals surface area contributed by atoms with E-state index in [9.17, 15) is 18.3 Å². The van der Waals surface area contributed by atoms with E-state index >= 15 is 0 Å². The van der Waals surface area contributed by atoms with E-state index in [0.717, 1.165) is 12.5 Å². The summed E-state index contributed by atoms with van der Waals surface area (Å²) in [4.78, 5) is 0. The van der Waals surface area contributed by atoms with Gasteiger partial charge in [-0.1, -0.05) is 31.5 Å². The van der Waals surface area contributed by atoms with Gasteiger partial charge in [0.15, 0.2) is 0 Å². The van der Waals surface area contributed by atoms with E-state index in [1.807, 2.05) is 13.8 Å². The molecule has 128 valence electrons. The van der Waals surface area contributed by atoms with Crippen molar-refractivity contribution in [2.45, 2.75) is 45.2 Å². The predicted molar refractivity (Wildman–Crippen MR) is 82.4 cm³/mol. The molecule has 0 heterocycles. The number of ether oxygens (including phenoxy) is 1. The molecule has 0 bridgehead atoms. The van der Waals surface area contributed by atoms with Crippen molar-refractivity contribution >= 4 is 24.0 Å². The summed E-state index contributed by atoms with van der Waals surface area (Å²) < 4.78 is 40.2. The lowest BCUT2D eigenvalue weighted by Gasteiger charge is -2.21. The lowest BCUT2D eigenvalue weighted by atomic mass is 9.96. The summed E-state index contributed by atoms with van der Waals surface area (Å²) in [7, 11) is 0. The number of aliphatic hydroxyl groups excluding tert-OH is 1. The molecule has 0 unspecified atom stereocenters. The maximum absolute atomic E-state index is 12.1. The first-order valence-electron chi connectivity index (χ1n) is 6.59. The van der Waals surface area contributed by atoms with E-state index in [1.165, 1.54) is 12.1 Å². The van der Waals surface area contributed by atoms with Gasteiger partial charge >= 0.3 is 6.36 Å². The molecule has 2 atom stereocenters.